The Morgan fingerprint density at radius 1 is 1.06 bits per heavy atom. The number of carbonyl (C=O) groups is 1. The molecule has 1 aliphatic rings. The monoisotopic (exact) mass is 496 g/mol. The standard InChI is InChI=1S/C29H28N4O2S/c1-17-5-7-20(8-6-17)27-19(3)28-23-10-9-22(32-25-15-30-11-12-31-25)13-21(23)16-33(36-4)29(28)18(2)24(27)14-26(34)35/h5-13,15H,14,16H2,1-4H3,(H,31,32)(H,34,35). The van der Waals surface area contributed by atoms with Gasteiger partial charge in [-0.15, -0.1) is 0 Å². The van der Waals surface area contributed by atoms with Crippen molar-refractivity contribution in [3.8, 4) is 22.3 Å². The minimum absolute atomic E-state index is 0.0147. The molecule has 4 aromatic rings. The highest BCUT2D eigenvalue weighted by atomic mass is 32.2. The lowest BCUT2D eigenvalue weighted by molar-refractivity contribution is -0.136. The Bertz CT molecular complexity index is 1450. The normalized spacial score (nSPS) is 12.2. The summed E-state index contributed by atoms with van der Waals surface area (Å²) in [7, 11) is 0. The minimum Gasteiger partial charge on any atom is -0.481 e. The van der Waals surface area contributed by atoms with E-state index in [-0.39, 0.29) is 6.42 Å². The highest BCUT2D eigenvalue weighted by molar-refractivity contribution is 7.99. The van der Waals surface area contributed by atoms with Crippen molar-refractivity contribution >= 4 is 35.1 Å². The van der Waals surface area contributed by atoms with Gasteiger partial charge in [0.1, 0.15) is 5.82 Å². The number of benzene rings is 3. The van der Waals surface area contributed by atoms with E-state index in [9.17, 15) is 9.90 Å². The molecule has 0 bridgehead atoms. The maximum atomic E-state index is 11.9. The van der Waals surface area contributed by atoms with E-state index >= 15 is 0 Å². The summed E-state index contributed by atoms with van der Waals surface area (Å²) in [4.78, 5) is 20.4. The van der Waals surface area contributed by atoms with Crippen LogP contribution < -0.4 is 9.62 Å². The van der Waals surface area contributed by atoms with Crippen molar-refractivity contribution in [1.29, 1.82) is 0 Å². The summed E-state index contributed by atoms with van der Waals surface area (Å²) in [5.74, 6) is -0.125. The van der Waals surface area contributed by atoms with Crippen LogP contribution >= 0.6 is 11.9 Å². The highest BCUT2D eigenvalue weighted by Gasteiger charge is 2.30. The van der Waals surface area contributed by atoms with Gasteiger partial charge >= 0.3 is 5.97 Å². The lowest BCUT2D eigenvalue weighted by Gasteiger charge is -2.36. The van der Waals surface area contributed by atoms with Crippen molar-refractivity contribution < 1.29 is 9.90 Å². The molecule has 1 aliphatic heterocycles. The maximum Gasteiger partial charge on any atom is 0.307 e. The molecule has 0 saturated carbocycles. The van der Waals surface area contributed by atoms with Crippen LogP contribution in [0, 0.1) is 20.8 Å². The van der Waals surface area contributed by atoms with Gasteiger partial charge in [-0.25, -0.2) is 4.98 Å². The number of aryl methyl sites for hydroxylation is 1. The largest absolute Gasteiger partial charge is 0.481 e. The third kappa shape index (κ3) is 4.31. The number of rotatable bonds is 6. The second kappa shape index (κ2) is 9.66. The first-order valence-corrected chi connectivity index (χ1v) is 13.0. The molecule has 0 saturated heterocycles. The average molecular weight is 497 g/mol. The van der Waals surface area contributed by atoms with Crippen LogP contribution in [0.5, 0.6) is 0 Å². The molecule has 0 atom stereocenters. The Labute approximate surface area is 215 Å². The molecule has 0 unspecified atom stereocenters. The first kappa shape index (κ1) is 23.9. The quantitative estimate of drug-likeness (QED) is 0.287. The number of aliphatic carboxylic acids is 1. The van der Waals surface area contributed by atoms with Crippen LogP contribution in [0.1, 0.15) is 27.8 Å². The summed E-state index contributed by atoms with van der Waals surface area (Å²) in [6.07, 6.45) is 7.07. The summed E-state index contributed by atoms with van der Waals surface area (Å²) in [5, 5.41) is 13.1. The van der Waals surface area contributed by atoms with E-state index in [1.54, 1.807) is 30.5 Å². The SMILES string of the molecule is CSN1Cc2cc(Nc3cnccn3)ccc2-c2c(C)c(-c3ccc(C)cc3)c(CC(=O)O)c(C)c21. The molecule has 2 heterocycles. The van der Waals surface area contributed by atoms with Gasteiger partial charge in [-0.05, 0) is 71.8 Å². The molecular formula is C29H28N4O2S. The molecule has 1 aromatic heterocycles. The number of nitrogens with zero attached hydrogens (tertiary/aromatic N) is 3. The number of nitrogens with one attached hydrogen (secondary N) is 1. The molecule has 0 amide bonds. The lowest BCUT2D eigenvalue weighted by atomic mass is 9.81. The molecule has 0 spiro atoms. The predicted octanol–water partition coefficient (Wildman–Crippen LogP) is 6.70. The van der Waals surface area contributed by atoms with E-state index in [1.807, 2.05) is 0 Å². The number of anilines is 3. The fourth-order valence-electron chi connectivity index (χ4n) is 5.12. The van der Waals surface area contributed by atoms with Crippen LogP contribution in [0.4, 0.5) is 17.2 Å². The fraction of sp³-hybridized carbons (Fsp3) is 0.207. The zero-order valence-electron chi connectivity index (χ0n) is 20.8. The second-order valence-corrected chi connectivity index (χ2v) is 9.88. The predicted molar refractivity (Wildman–Crippen MR) is 148 cm³/mol. The Morgan fingerprint density at radius 2 is 1.83 bits per heavy atom. The summed E-state index contributed by atoms with van der Waals surface area (Å²) >= 11 is 1.66. The van der Waals surface area contributed by atoms with Gasteiger partial charge in [0, 0.05) is 29.9 Å². The zero-order valence-corrected chi connectivity index (χ0v) is 21.6. The number of fused-ring (bicyclic) bond motifs is 3. The lowest BCUT2D eigenvalue weighted by Crippen LogP contribution is -2.22. The van der Waals surface area contributed by atoms with Crippen molar-refractivity contribution in [3.05, 3.63) is 88.9 Å². The van der Waals surface area contributed by atoms with E-state index in [4.69, 9.17) is 0 Å². The van der Waals surface area contributed by atoms with Crippen molar-refractivity contribution in [2.24, 2.45) is 0 Å². The van der Waals surface area contributed by atoms with E-state index in [0.717, 1.165) is 45.7 Å². The van der Waals surface area contributed by atoms with Gasteiger partial charge in [0.15, 0.2) is 0 Å². The molecule has 3 aromatic carbocycles. The summed E-state index contributed by atoms with van der Waals surface area (Å²) in [5.41, 5.74) is 11.8. The van der Waals surface area contributed by atoms with Crippen molar-refractivity contribution in [3.63, 3.8) is 0 Å². The third-order valence-electron chi connectivity index (χ3n) is 6.76. The number of carboxylic acid groups (broad SMARTS) is 1. The highest BCUT2D eigenvalue weighted by Crippen LogP contribution is 2.50. The van der Waals surface area contributed by atoms with Gasteiger partial charge in [-0.2, -0.15) is 0 Å². The molecule has 0 aliphatic carbocycles. The van der Waals surface area contributed by atoms with Gasteiger partial charge in [-0.3, -0.25) is 9.78 Å². The molecule has 6 nitrogen and oxygen atoms in total. The second-order valence-electron chi connectivity index (χ2n) is 9.07. The van der Waals surface area contributed by atoms with Gasteiger partial charge in [-0.1, -0.05) is 47.8 Å². The molecule has 2 N–H and O–H groups in total. The first-order chi connectivity index (χ1) is 17.4. The van der Waals surface area contributed by atoms with Crippen LogP contribution in [0.25, 0.3) is 22.3 Å². The van der Waals surface area contributed by atoms with Gasteiger partial charge in [0.05, 0.1) is 24.8 Å². The molecule has 5 rings (SSSR count). The van der Waals surface area contributed by atoms with Crippen LogP contribution in [-0.2, 0) is 17.8 Å². The van der Waals surface area contributed by atoms with E-state index < -0.39 is 5.97 Å². The van der Waals surface area contributed by atoms with Crippen LogP contribution in [0.15, 0.2) is 61.1 Å². The van der Waals surface area contributed by atoms with E-state index in [1.165, 1.54) is 22.3 Å². The van der Waals surface area contributed by atoms with E-state index in [0.29, 0.717) is 5.82 Å². The minimum atomic E-state index is -0.822. The molecule has 0 fully saturated rings. The summed E-state index contributed by atoms with van der Waals surface area (Å²) < 4.78 is 2.27. The number of carboxylic acids is 1. The molecule has 0 radical (unpaired) electrons. The maximum absolute atomic E-state index is 11.9. The number of hydrogen-bond acceptors (Lipinski definition) is 6. The smallest absolute Gasteiger partial charge is 0.307 e. The summed E-state index contributed by atoms with van der Waals surface area (Å²) in [6.45, 7) is 6.97. The number of hydrogen-bond donors (Lipinski definition) is 2. The Balaban J connectivity index is 1.73. The van der Waals surface area contributed by atoms with Crippen molar-refractivity contribution in [1.82, 2.24) is 9.97 Å². The Hall–Kier alpha value is -3.84. The molecule has 36 heavy (non-hydrogen) atoms. The average Bonchev–Trinajstić information content (AvgIpc) is 2.87. The molecule has 182 valence electrons. The van der Waals surface area contributed by atoms with Crippen molar-refractivity contribution in [2.45, 2.75) is 33.7 Å². The third-order valence-corrected chi connectivity index (χ3v) is 7.51. The fourth-order valence-corrected chi connectivity index (χ4v) is 5.80. The zero-order chi connectivity index (χ0) is 25.4. The van der Waals surface area contributed by atoms with Crippen molar-refractivity contribution in [2.75, 3.05) is 15.9 Å². The summed E-state index contributed by atoms with van der Waals surface area (Å²) in [6, 6.07) is 14.8. The van der Waals surface area contributed by atoms with Gasteiger partial charge < -0.3 is 14.7 Å². The van der Waals surface area contributed by atoms with E-state index in [2.05, 4.69) is 89.1 Å². The molecule has 7 heteroatoms. The van der Waals surface area contributed by atoms with Gasteiger partial charge in [0.25, 0.3) is 0 Å². The Kier molecular flexibility index (Phi) is 6.41. The van der Waals surface area contributed by atoms with Crippen LogP contribution in [0.3, 0.4) is 0 Å². The topological polar surface area (TPSA) is 78.3 Å². The Morgan fingerprint density at radius 3 is 2.50 bits per heavy atom. The molecular weight excluding hydrogens is 468 g/mol. The number of aromatic nitrogens is 2. The van der Waals surface area contributed by atoms with Crippen LogP contribution in [-0.4, -0.2) is 27.3 Å². The first-order valence-electron chi connectivity index (χ1n) is 11.8. The van der Waals surface area contributed by atoms with Crippen LogP contribution in [0.2, 0.25) is 0 Å². The van der Waals surface area contributed by atoms with Gasteiger partial charge in [0.2, 0.25) is 0 Å².